The van der Waals surface area contributed by atoms with Crippen molar-refractivity contribution in [3.8, 4) is 0 Å². The first-order valence-electron chi connectivity index (χ1n) is 6.62. The summed E-state index contributed by atoms with van der Waals surface area (Å²) in [5, 5.41) is 6.63. The Morgan fingerprint density at radius 1 is 1.25 bits per heavy atom. The van der Waals surface area contributed by atoms with Crippen LogP contribution in [0.15, 0.2) is 18.6 Å². The lowest BCUT2D eigenvalue weighted by atomic mass is 10.1. The minimum absolute atomic E-state index is 0.411. The molecule has 20 heavy (non-hydrogen) atoms. The summed E-state index contributed by atoms with van der Waals surface area (Å²) in [4.78, 5) is 22.2. The standard InChI is InChI=1S/C13H16N6O/c14-12(20)10-8-17-18-11(10)5-9-6-15-13(16-7-9)19-3-1-2-4-19/h6-8H,1-5H2,(H2,14,20)(H,17,18). The molecule has 2 aromatic heterocycles. The van der Waals surface area contributed by atoms with Gasteiger partial charge < -0.3 is 10.6 Å². The number of primary amides is 1. The first kappa shape index (κ1) is 12.6. The summed E-state index contributed by atoms with van der Waals surface area (Å²) in [6.07, 6.45) is 7.91. The highest BCUT2D eigenvalue weighted by atomic mass is 16.1. The molecule has 0 radical (unpaired) electrons. The van der Waals surface area contributed by atoms with E-state index in [1.807, 2.05) is 0 Å². The van der Waals surface area contributed by atoms with Gasteiger partial charge in [0.2, 0.25) is 5.95 Å². The van der Waals surface area contributed by atoms with Gasteiger partial charge in [-0.3, -0.25) is 9.89 Å². The third-order valence-corrected chi connectivity index (χ3v) is 3.45. The quantitative estimate of drug-likeness (QED) is 0.843. The summed E-state index contributed by atoms with van der Waals surface area (Å²) in [7, 11) is 0. The topological polar surface area (TPSA) is 101 Å². The van der Waals surface area contributed by atoms with Gasteiger partial charge in [0.1, 0.15) is 0 Å². The smallest absolute Gasteiger partial charge is 0.252 e. The summed E-state index contributed by atoms with van der Waals surface area (Å²) in [5.74, 6) is 0.286. The van der Waals surface area contributed by atoms with Gasteiger partial charge in [0, 0.05) is 31.9 Å². The van der Waals surface area contributed by atoms with Crippen LogP contribution in [0, 0.1) is 0 Å². The number of carbonyl (C=O) groups is 1. The normalized spacial score (nSPS) is 14.7. The Morgan fingerprint density at radius 3 is 2.60 bits per heavy atom. The molecule has 0 saturated carbocycles. The van der Waals surface area contributed by atoms with E-state index in [1.54, 1.807) is 12.4 Å². The first-order valence-corrected chi connectivity index (χ1v) is 6.62. The molecule has 3 N–H and O–H groups in total. The van der Waals surface area contributed by atoms with Crippen LogP contribution < -0.4 is 10.6 Å². The van der Waals surface area contributed by atoms with Crippen LogP contribution in [0.4, 0.5) is 5.95 Å². The Kier molecular flexibility index (Phi) is 3.32. The lowest BCUT2D eigenvalue weighted by Gasteiger charge is -2.14. The SMILES string of the molecule is NC(=O)c1cn[nH]c1Cc1cnc(N2CCCC2)nc1. The summed E-state index contributed by atoms with van der Waals surface area (Å²) < 4.78 is 0. The number of nitrogens with one attached hydrogen (secondary N) is 1. The lowest BCUT2D eigenvalue weighted by molar-refractivity contribution is 0.0999. The van der Waals surface area contributed by atoms with Gasteiger partial charge in [-0.15, -0.1) is 0 Å². The molecule has 3 rings (SSSR count). The van der Waals surface area contributed by atoms with Crippen molar-refractivity contribution in [2.75, 3.05) is 18.0 Å². The predicted octanol–water partition coefficient (Wildman–Crippen LogP) is 0.490. The van der Waals surface area contributed by atoms with Gasteiger partial charge in [0.15, 0.2) is 0 Å². The highest BCUT2D eigenvalue weighted by Gasteiger charge is 2.15. The van der Waals surface area contributed by atoms with E-state index in [4.69, 9.17) is 5.73 Å². The van der Waals surface area contributed by atoms with E-state index in [9.17, 15) is 4.79 Å². The number of aromatic nitrogens is 4. The second-order valence-corrected chi connectivity index (χ2v) is 4.89. The summed E-state index contributed by atoms with van der Waals surface area (Å²) in [5.41, 5.74) is 7.30. The van der Waals surface area contributed by atoms with Crippen molar-refractivity contribution in [1.82, 2.24) is 20.2 Å². The predicted molar refractivity (Wildman–Crippen MR) is 73.4 cm³/mol. The Bertz CT molecular complexity index is 600. The van der Waals surface area contributed by atoms with Gasteiger partial charge in [-0.1, -0.05) is 0 Å². The zero-order chi connectivity index (χ0) is 13.9. The van der Waals surface area contributed by atoms with E-state index in [1.165, 1.54) is 19.0 Å². The number of nitrogens with two attached hydrogens (primary N) is 1. The molecule has 2 aromatic rings. The van der Waals surface area contributed by atoms with Gasteiger partial charge in [-0.2, -0.15) is 5.10 Å². The fraction of sp³-hybridized carbons (Fsp3) is 0.385. The number of rotatable bonds is 4. The Morgan fingerprint density at radius 2 is 1.95 bits per heavy atom. The van der Waals surface area contributed by atoms with E-state index < -0.39 is 5.91 Å². The molecule has 7 heteroatoms. The van der Waals surface area contributed by atoms with Crippen LogP contribution in [0.5, 0.6) is 0 Å². The van der Waals surface area contributed by atoms with Gasteiger partial charge in [-0.25, -0.2) is 9.97 Å². The Balaban J connectivity index is 1.74. The van der Waals surface area contributed by atoms with E-state index in [2.05, 4.69) is 25.1 Å². The molecule has 0 aliphatic carbocycles. The van der Waals surface area contributed by atoms with Crippen LogP contribution in [0.25, 0.3) is 0 Å². The van der Waals surface area contributed by atoms with E-state index in [0.29, 0.717) is 17.7 Å². The van der Waals surface area contributed by atoms with E-state index >= 15 is 0 Å². The van der Waals surface area contributed by atoms with E-state index in [-0.39, 0.29) is 0 Å². The highest BCUT2D eigenvalue weighted by Crippen LogP contribution is 2.16. The second kappa shape index (κ2) is 5.28. The summed E-state index contributed by atoms with van der Waals surface area (Å²) in [6, 6.07) is 0. The molecular weight excluding hydrogens is 256 g/mol. The molecule has 3 heterocycles. The third kappa shape index (κ3) is 2.47. The van der Waals surface area contributed by atoms with Gasteiger partial charge in [0.05, 0.1) is 17.5 Å². The van der Waals surface area contributed by atoms with Crippen LogP contribution >= 0.6 is 0 Å². The van der Waals surface area contributed by atoms with Crippen molar-refractivity contribution in [1.29, 1.82) is 0 Å². The summed E-state index contributed by atoms with van der Waals surface area (Å²) >= 11 is 0. The number of hydrogen-bond acceptors (Lipinski definition) is 5. The maximum Gasteiger partial charge on any atom is 0.252 e. The molecule has 7 nitrogen and oxygen atoms in total. The maximum atomic E-state index is 11.2. The fourth-order valence-corrected chi connectivity index (χ4v) is 2.38. The number of aromatic amines is 1. The first-order chi connectivity index (χ1) is 9.74. The van der Waals surface area contributed by atoms with Crippen molar-refractivity contribution in [2.24, 2.45) is 5.73 Å². The summed E-state index contributed by atoms with van der Waals surface area (Å²) in [6.45, 7) is 2.04. The van der Waals surface area contributed by atoms with Gasteiger partial charge >= 0.3 is 0 Å². The molecule has 0 unspecified atom stereocenters. The Hall–Kier alpha value is -2.44. The molecule has 0 aromatic carbocycles. The van der Waals surface area contributed by atoms with Crippen LogP contribution in [-0.4, -0.2) is 39.2 Å². The van der Waals surface area contributed by atoms with Gasteiger partial charge in [-0.05, 0) is 18.4 Å². The van der Waals surface area contributed by atoms with Crippen molar-refractivity contribution in [3.05, 3.63) is 35.4 Å². The average molecular weight is 272 g/mol. The zero-order valence-corrected chi connectivity index (χ0v) is 11.0. The highest BCUT2D eigenvalue weighted by molar-refractivity contribution is 5.93. The van der Waals surface area contributed by atoms with Crippen LogP contribution in [0.2, 0.25) is 0 Å². The molecule has 1 saturated heterocycles. The number of H-pyrrole nitrogens is 1. The maximum absolute atomic E-state index is 11.2. The molecule has 1 aliphatic heterocycles. The molecule has 1 fully saturated rings. The average Bonchev–Trinajstić information content (AvgIpc) is 3.10. The van der Waals surface area contributed by atoms with Crippen molar-refractivity contribution in [3.63, 3.8) is 0 Å². The number of anilines is 1. The number of amides is 1. The molecule has 0 spiro atoms. The van der Waals surface area contributed by atoms with Crippen LogP contribution in [0.3, 0.4) is 0 Å². The zero-order valence-electron chi connectivity index (χ0n) is 11.0. The molecule has 1 aliphatic rings. The Labute approximate surface area is 116 Å². The van der Waals surface area contributed by atoms with Crippen LogP contribution in [-0.2, 0) is 6.42 Å². The minimum Gasteiger partial charge on any atom is -0.365 e. The third-order valence-electron chi connectivity index (χ3n) is 3.45. The molecule has 104 valence electrons. The second-order valence-electron chi connectivity index (χ2n) is 4.89. The number of hydrogen-bond donors (Lipinski definition) is 2. The van der Waals surface area contributed by atoms with Gasteiger partial charge in [0.25, 0.3) is 5.91 Å². The monoisotopic (exact) mass is 272 g/mol. The van der Waals surface area contributed by atoms with Crippen molar-refractivity contribution in [2.45, 2.75) is 19.3 Å². The molecule has 1 amide bonds. The molecular formula is C13H16N6O. The molecule has 0 atom stereocenters. The van der Waals surface area contributed by atoms with Crippen LogP contribution in [0.1, 0.15) is 34.5 Å². The largest absolute Gasteiger partial charge is 0.365 e. The lowest BCUT2D eigenvalue weighted by Crippen LogP contribution is -2.20. The molecule has 0 bridgehead atoms. The van der Waals surface area contributed by atoms with Crippen molar-refractivity contribution >= 4 is 11.9 Å². The number of nitrogens with zero attached hydrogens (tertiary/aromatic N) is 4. The number of carbonyl (C=O) groups excluding carboxylic acids is 1. The fourth-order valence-electron chi connectivity index (χ4n) is 2.38. The van der Waals surface area contributed by atoms with Crippen molar-refractivity contribution < 1.29 is 4.79 Å². The minimum atomic E-state index is -0.483. The van der Waals surface area contributed by atoms with E-state index in [0.717, 1.165) is 24.6 Å².